The van der Waals surface area contributed by atoms with E-state index in [1.54, 1.807) is 13.3 Å². The fraction of sp³-hybridized carbons (Fsp3) is 0.444. The van der Waals surface area contributed by atoms with Gasteiger partial charge in [0.2, 0.25) is 5.91 Å². The van der Waals surface area contributed by atoms with Gasteiger partial charge in [-0.25, -0.2) is 0 Å². The van der Waals surface area contributed by atoms with Gasteiger partial charge in [0.05, 0.1) is 24.8 Å². The topological polar surface area (TPSA) is 88.7 Å². The number of nitrogens with two attached hydrogens (primary N) is 1. The van der Waals surface area contributed by atoms with Crippen LogP contribution in [0.15, 0.2) is 30.5 Å². The van der Waals surface area contributed by atoms with E-state index in [1.807, 2.05) is 29.2 Å². The number of piperidine rings is 1. The molecule has 1 aromatic heterocycles. The summed E-state index contributed by atoms with van der Waals surface area (Å²) in [5, 5.41) is 11.6. The zero-order valence-electron chi connectivity index (χ0n) is 13.8. The SMILES string of the molecule is COc1ccc2nccc([C@@H](O)CN3CCCCC3C(N)=O)c2c1. The molecular formula is C18H23N3O3. The lowest BCUT2D eigenvalue weighted by Crippen LogP contribution is -2.49. The van der Waals surface area contributed by atoms with Gasteiger partial charge in [-0.15, -0.1) is 0 Å². The van der Waals surface area contributed by atoms with Gasteiger partial charge in [-0.3, -0.25) is 14.7 Å². The summed E-state index contributed by atoms with van der Waals surface area (Å²) in [6, 6.07) is 7.12. The van der Waals surface area contributed by atoms with Gasteiger partial charge < -0.3 is 15.6 Å². The number of ether oxygens (including phenoxy) is 1. The van der Waals surface area contributed by atoms with E-state index in [0.29, 0.717) is 6.54 Å². The molecule has 6 heteroatoms. The van der Waals surface area contributed by atoms with Crippen LogP contribution in [0.2, 0.25) is 0 Å². The van der Waals surface area contributed by atoms with Crippen LogP contribution in [0, 0.1) is 0 Å². The fourth-order valence-corrected chi connectivity index (χ4v) is 3.42. The molecule has 0 bridgehead atoms. The van der Waals surface area contributed by atoms with Gasteiger partial charge in [-0.05, 0) is 49.2 Å². The first-order valence-corrected chi connectivity index (χ1v) is 8.24. The van der Waals surface area contributed by atoms with E-state index >= 15 is 0 Å². The first-order chi connectivity index (χ1) is 11.6. The maximum atomic E-state index is 11.7. The van der Waals surface area contributed by atoms with E-state index < -0.39 is 6.10 Å². The molecule has 0 aliphatic carbocycles. The summed E-state index contributed by atoms with van der Waals surface area (Å²) in [4.78, 5) is 18.0. The Hall–Kier alpha value is -2.18. The van der Waals surface area contributed by atoms with E-state index in [4.69, 9.17) is 10.5 Å². The highest BCUT2D eigenvalue weighted by atomic mass is 16.5. The summed E-state index contributed by atoms with van der Waals surface area (Å²) in [6.45, 7) is 1.15. The molecule has 1 amide bonds. The highest BCUT2D eigenvalue weighted by Crippen LogP contribution is 2.28. The number of β-amino-alcohol motifs (C(OH)–C–C–N with tert-alkyl or cyclic N) is 1. The number of hydrogen-bond acceptors (Lipinski definition) is 5. The number of methoxy groups -OCH3 is 1. The van der Waals surface area contributed by atoms with Gasteiger partial charge in [-0.2, -0.15) is 0 Å². The number of nitrogens with zero attached hydrogens (tertiary/aromatic N) is 2. The Kier molecular flexibility index (Phi) is 4.97. The third-order valence-electron chi connectivity index (χ3n) is 4.69. The van der Waals surface area contributed by atoms with Crippen LogP contribution in [0.25, 0.3) is 10.9 Å². The van der Waals surface area contributed by atoms with Crippen molar-refractivity contribution in [2.24, 2.45) is 5.73 Å². The Balaban J connectivity index is 1.87. The fourth-order valence-electron chi connectivity index (χ4n) is 3.42. The van der Waals surface area contributed by atoms with Crippen molar-refractivity contribution >= 4 is 16.8 Å². The molecular weight excluding hydrogens is 306 g/mol. The maximum absolute atomic E-state index is 11.7. The van der Waals surface area contributed by atoms with Gasteiger partial charge in [-0.1, -0.05) is 6.42 Å². The molecule has 3 rings (SSSR count). The van der Waals surface area contributed by atoms with E-state index in [2.05, 4.69) is 4.98 Å². The monoisotopic (exact) mass is 329 g/mol. The number of amides is 1. The summed E-state index contributed by atoms with van der Waals surface area (Å²) in [6.07, 6.45) is 3.74. The van der Waals surface area contributed by atoms with Gasteiger partial charge in [0.1, 0.15) is 5.75 Å². The van der Waals surface area contributed by atoms with E-state index in [-0.39, 0.29) is 11.9 Å². The first-order valence-electron chi connectivity index (χ1n) is 8.24. The minimum Gasteiger partial charge on any atom is -0.497 e. The molecule has 3 N–H and O–H groups in total. The van der Waals surface area contributed by atoms with Crippen LogP contribution in [0.5, 0.6) is 5.75 Å². The summed E-state index contributed by atoms with van der Waals surface area (Å²) in [5.41, 5.74) is 7.10. The molecule has 1 unspecified atom stereocenters. The second-order valence-corrected chi connectivity index (χ2v) is 6.21. The number of primary amides is 1. The van der Waals surface area contributed by atoms with Crippen LogP contribution in [0.1, 0.15) is 30.9 Å². The van der Waals surface area contributed by atoms with Crippen molar-refractivity contribution in [1.29, 1.82) is 0 Å². The summed E-state index contributed by atoms with van der Waals surface area (Å²) >= 11 is 0. The van der Waals surface area contributed by atoms with Crippen molar-refractivity contribution in [1.82, 2.24) is 9.88 Å². The lowest BCUT2D eigenvalue weighted by atomic mass is 9.98. The van der Waals surface area contributed by atoms with E-state index in [9.17, 15) is 9.90 Å². The van der Waals surface area contributed by atoms with Crippen LogP contribution < -0.4 is 10.5 Å². The van der Waals surface area contributed by atoms with Gasteiger partial charge in [0.15, 0.2) is 0 Å². The standard InChI is InChI=1S/C18H23N3O3/c1-24-12-5-6-15-14(10-12)13(7-8-20-15)17(22)11-21-9-3-2-4-16(21)18(19)23/h5-8,10,16-17,22H,2-4,9,11H2,1H3,(H2,19,23)/t16?,17-/m0/s1. The number of benzene rings is 1. The molecule has 1 aromatic carbocycles. The summed E-state index contributed by atoms with van der Waals surface area (Å²) in [7, 11) is 1.61. The van der Waals surface area contributed by atoms with Gasteiger partial charge >= 0.3 is 0 Å². The average molecular weight is 329 g/mol. The third kappa shape index (κ3) is 3.34. The van der Waals surface area contributed by atoms with Crippen LogP contribution in [0.4, 0.5) is 0 Å². The molecule has 1 aliphatic heterocycles. The van der Waals surface area contributed by atoms with Gasteiger partial charge in [0, 0.05) is 18.1 Å². The molecule has 24 heavy (non-hydrogen) atoms. The molecule has 2 atom stereocenters. The number of hydrogen-bond donors (Lipinski definition) is 2. The minimum atomic E-state index is -0.720. The quantitative estimate of drug-likeness (QED) is 0.870. The lowest BCUT2D eigenvalue weighted by Gasteiger charge is -2.35. The molecule has 1 aliphatic rings. The predicted octanol–water partition coefficient (Wildman–Crippen LogP) is 1.62. The van der Waals surface area contributed by atoms with Crippen LogP contribution in [0.3, 0.4) is 0 Å². The summed E-state index contributed by atoms with van der Waals surface area (Å²) < 4.78 is 5.27. The van der Waals surface area contributed by atoms with Crippen molar-refractivity contribution in [2.75, 3.05) is 20.2 Å². The number of aromatic nitrogens is 1. The smallest absolute Gasteiger partial charge is 0.234 e. The largest absolute Gasteiger partial charge is 0.497 e. The number of pyridine rings is 1. The Morgan fingerprint density at radius 2 is 2.29 bits per heavy atom. The molecule has 2 heterocycles. The zero-order chi connectivity index (χ0) is 17.1. The number of aliphatic hydroxyl groups excluding tert-OH is 1. The Morgan fingerprint density at radius 1 is 1.46 bits per heavy atom. The van der Waals surface area contributed by atoms with Crippen LogP contribution in [-0.2, 0) is 4.79 Å². The minimum absolute atomic E-state index is 0.295. The highest BCUT2D eigenvalue weighted by molar-refractivity contribution is 5.84. The van der Waals surface area contributed by atoms with Crippen molar-refractivity contribution in [3.63, 3.8) is 0 Å². The highest BCUT2D eigenvalue weighted by Gasteiger charge is 2.29. The number of aliphatic hydroxyl groups is 1. The Labute approximate surface area is 141 Å². The third-order valence-corrected chi connectivity index (χ3v) is 4.69. The molecule has 1 fully saturated rings. The van der Waals surface area contributed by atoms with E-state index in [1.165, 1.54) is 0 Å². The van der Waals surface area contributed by atoms with Crippen LogP contribution in [-0.4, -0.2) is 47.1 Å². The first kappa shape index (κ1) is 16.7. The molecule has 0 radical (unpaired) electrons. The number of fused-ring (bicyclic) bond motifs is 1. The van der Waals surface area contributed by atoms with Crippen LogP contribution >= 0.6 is 0 Å². The molecule has 6 nitrogen and oxygen atoms in total. The lowest BCUT2D eigenvalue weighted by molar-refractivity contribution is -0.125. The van der Waals surface area contributed by atoms with E-state index in [0.717, 1.165) is 48.0 Å². The normalized spacial score (nSPS) is 20.0. The second kappa shape index (κ2) is 7.15. The zero-order valence-corrected chi connectivity index (χ0v) is 13.8. The van der Waals surface area contributed by atoms with Crippen molar-refractivity contribution in [3.05, 3.63) is 36.0 Å². The Morgan fingerprint density at radius 3 is 3.04 bits per heavy atom. The number of likely N-dealkylation sites (tertiary alicyclic amines) is 1. The maximum Gasteiger partial charge on any atom is 0.234 e. The van der Waals surface area contributed by atoms with Crippen molar-refractivity contribution < 1.29 is 14.6 Å². The molecule has 1 saturated heterocycles. The molecule has 0 saturated carbocycles. The average Bonchev–Trinajstić information content (AvgIpc) is 2.60. The second-order valence-electron chi connectivity index (χ2n) is 6.21. The number of rotatable bonds is 5. The Bertz CT molecular complexity index is 735. The molecule has 128 valence electrons. The molecule has 2 aromatic rings. The number of carbonyl (C=O) groups is 1. The summed E-state index contributed by atoms with van der Waals surface area (Å²) in [5.74, 6) is 0.403. The number of carbonyl (C=O) groups excluding carboxylic acids is 1. The van der Waals surface area contributed by atoms with Gasteiger partial charge in [0.25, 0.3) is 0 Å². The molecule has 0 spiro atoms. The van der Waals surface area contributed by atoms with Crippen molar-refractivity contribution in [3.8, 4) is 5.75 Å². The predicted molar refractivity (Wildman–Crippen MR) is 91.7 cm³/mol. The van der Waals surface area contributed by atoms with Crippen molar-refractivity contribution in [2.45, 2.75) is 31.4 Å².